The van der Waals surface area contributed by atoms with Crippen molar-refractivity contribution in [3.63, 3.8) is 0 Å². The fourth-order valence-electron chi connectivity index (χ4n) is 5.52. The van der Waals surface area contributed by atoms with E-state index >= 15 is 0 Å². The summed E-state index contributed by atoms with van der Waals surface area (Å²) in [5, 5.41) is 7.17. The molecule has 0 bridgehead atoms. The fourth-order valence-corrected chi connectivity index (χ4v) is 11.4. The second-order valence-corrected chi connectivity index (χ2v) is 15.8. The maximum absolute atomic E-state index is 14.8. The van der Waals surface area contributed by atoms with Crippen LogP contribution in [0.2, 0.25) is 0 Å². The zero-order valence-corrected chi connectivity index (χ0v) is 24.8. The molecule has 6 aromatic rings. The van der Waals surface area contributed by atoms with Gasteiger partial charge in [-0.1, -0.05) is 133 Å². The predicted octanol–water partition coefficient (Wildman–Crippen LogP) is 6.60. The van der Waals surface area contributed by atoms with Gasteiger partial charge in [0.2, 0.25) is 0 Å². The summed E-state index contributed by atoms with van der Waals surface area (Å²) in [6.07, 6.45) is 0. The van der Waals surface area contributed by atoms with E-state index in [9.17, 15) is 4.79 Å². The molecule has 0 unspecified atom stereocenters. The van der Waals surface area contributed by atoms with Crippen molar-refractivity contribution in [3.05, 3.63) is 181 Å². The van der Waals surface area contributed by atoms with E-state index in [1.807, 2.05) is 36.4 Å². The van der Waals surface area contributed by atoms with Gasteiger partial charge in [0, 0.05) is 5.56 Å². The van der Waals surface area contributed by atoms with Crippen molar-refractivity contribution in [2.75, 3.05) is 6.66 Å². The molecule has 0 aliphatic rings. The monoisotopic (exact) mass is 565 g/mol. The van der Waals surface area contributed by atoms with Crippen LogP contribution in [0, 0.1) is 0 Å². The van der Waals surface area contributed by atoms with Gasteiger partial charge in [-0.3, -0.25) is 4.79 Å². The summed E-state index contributed by atoms with van der Waals surface area (Å²) in [4.78, 5) is 14.8. The van der Waals surface area contributed by atoms with Crippen molar-refractivity contribution in [2.24, 2.45) is 0 Å². The second-order valence-electron chi connectivity index (χ2n) is 10.0. The van der Waals surface area contributed by atoms with E-state index in [-0.39, 0.29) is 5.78 Å². The molecule has 0 aliphatic carbocycles. The van der Waals surface area contributed by atoms with Gasteiger partial charge in [-0.15, -0.1) is 0 Å². The molecule has 41 heavy (non-hydrogen) atoms. The van der Waals surface area contributed by atoms with Crippen molar-refractivity contribution in [3.8, 4) is 0 Å². The lowest BCUT2D eigenvalue weighted by Crippen LogP contribution is -2.34. The zero-order valence-electron chi connectivity index (χ0n) is 23.0. The van der Waals surface area contributed by atoms with Crippen molar-refractivity contribution >= 4 is 52.8 Å². The van der Waals surface area contributed by atoms with Gasteiger partial charge in [0.25, 0.3) is 0 Å². The molecule has 1 nitrogen and oxygen atoms in total. The maximum Gasteiger partial charge on any atom is 0.197 e. The predicted molar refractivity (Wildman–Crippen MR) is 180 cm³/mol. The number of benzene rings is 6. The SMILES string of the molecule is C[P+](c1ccccc1)(c1ccccc1)c1ccccc1C(=O)c1ccccc1P(c1ccccc1)c1ccccc1. The van der Waals surface area contributed by atoms with Crippen LogP contribution in [0.5, 0.6) is 0 Å². The van der Waals surface area contributed by atoms with Gasteiger partial charge >= 0.3 is 0 Å². The van der Waals surface area contributed by atoms with Crippen LogP contribution in [0.25, 0.3) is 0 Å². The van der Waals surface area contributed by atoms with E-state index in [0.717, 1.165) is 21.7 Å². The molecule has 0 amide bonds. The van der Waals surface area contributed by atoms with E-state index in [1.165, 1.54) is 21.2 Å². The molecule has 3 heteroatoms. The Labute approximate surface area is 244 Å². The molecule has 0 heterocycles. The Balaban J connectivity index is 1.54. The molecule has 0 N–H and O–H groups in total. The van der Waals surface area contributed by atoms with Gasteiger partial charge in [0.05, 0.1) is 12.2 Å². The number of hydrogen-bond donors (Lipinski definition) is 0. The minimum Gasteiger partial charge on any atom is -0.288 e. The summed E-state index contributed by atoms with van der Waals surface area (Å²) in [7, 11) is -3.04. The van der Waals surface area contributed by atoms with E-state index < -0.39 is 15.2 Å². The molecule has 0 aromatic heterocycles. The first-order valence-electron chi connectivity index (χ1n) is 13.8. The first-order valence-corrected chi connectivity index (χ1v) is 17.4. The zero-order chi connectivity index (χ0) is 28.1. The van der Waals surface area contributed by atoms with Crippen LogP contribution >= 0.6 is 15.2 Å². The standard InChI is InChI=1S/C38H31OP2/c1-41(32-22-10-4-11-23-32,33-24-12-5-13-25-33)37-29-17-15-27-35(37)38(39)34-26-14-16-28-36(34)40(30-18-6-2-7-19-30)31-20-8-3-9-21-31/h2-29H,1H3/q+1. The molecule has 0 atom stereocenters. The van der Waals surface area contributed by atoms with Crippen LogP contribution in [0.1, 0.15) is 15.9 Å². The summed E-state index contributed by atoms with van der Waals surface area (Å²) >= 11 is 0. The van der Waals surface area contributed by atoms with E-state index in [4.69, 9.17) is 0 Å². The number of carbonyl (C=O) groups is 1. The average molecular weight is 566 g/mol. The lowest BCUT2D eigenvalue weighted by atomic mass is 10.0. The number of hydrogen-bond acceptors (Lipinski definition) is 1. The van der Waals surface area contributed by atoms with Crippen LogP contribution in [0.3, 0.4) is 0 Å². The van der Waals surface area contributed by atoms with Crippen molar-refractivity contribution in [1.82, 2.24) is 0 Å². The third kappa shape index (κ3) is 5.32. The summed E-state index contributed by atoms with van der Waals surface area (Å²) < 4.78 is 0. The third-order valence-electron chi connectivity index (χ3n) is 7.59. The Morgan fingerprint density at radius 1 is 0.463 bits per heavy atom. The normalized spacial score (nSPS) is 11.4. The lowest BCUT2D eigenvalue weighted by molar-refractivity contribution is 0.104. The summed E-state index contributed by atoms with van der Waals surface area (Å²) in [6, 6.07) is 59.0. The maximum atomic E-state index is 14.8. The quantitative estimate of drug-likeness (QED) is 0.150. The van der Waals surface area contributed by atoms with Crippen LogP contribution in [0.15, 0.2) is 170 Å². The Morgan fingerprint density at radius 2 is 0.854 bits per heavy atom. The van der Waals surface area contributed by atoms with Crippen LogP contribution in [0.4, 0.5) is 0 Å². The highest BCUT2D eigenvalue weighted by Crippen LogP contribution is 2.52. The smallest absolute Gasteiger partial charge is 0.197 e. The van der Waals surface area contributed by atoms with Crippen LogP contribution < -0.4 is 31.8 Å². The van der Waals surface area contributed by atoms with Crippen molar-refractivity contribution in [2.45, 2.75) is 0 Å². The number of ketones is 1. The van der Waals surface area contributed by atoms with Crippen molar-refractivity contribution < 1.29 is 4.79 Å². The minimum absolute atomic E-state index is 0.0775. The van der Waals surface area contributed by atoms with E-state index in [0.29, 0.717) is 0 Å². The highest BCUT2D eigenvalue weighted by atomic mass is 31.2. The summed E-state index contributed by atoms with van der Waals surface area (Å²) in [5.41, 5.74) is 1.55. The largest absolute Gasteiger partial charge is 0.288 e. The summed E-state index contributed by atoms with van der Waals surface area (Å²) in [6.45, 7) is 2.34. The highest BCUT2D eigenvalue weighted by Gasteiger charge is 2.43. The molecule has 0 fully saturated rings. The molecular weight excluding hydrogens is 534 g/mol. The Bertz CT molecular complexity index is 1670. The van der Waals surface area contributed by atoms with Crippen LogP contribution in [-0.2, 0) is 0 Å². The first-order chi connectivity index (χ1) is 20.2. The van der Waals surface area contributed by atoms with Gasteiger partial charge in [-0.2, -0.15) is 0 Å². The Kier molecular flexibility index (Phi) is 8.02. The Morgan fingerprint density at radius 3 is 1.37 bits per heavy atom. The molecule has 0 saturated carbocycles. The number of carbonyl (C=O) groups excluding carboxylic acids is 1. The Hall–Kier alpha value is -4.15. The molecule has 6 aromatic carbocycles. The fraction of sp³-hybridized carbons (Fsp3) is 0.0263. The van der Waals surface area contributed by atoms with Crippen molar-refractivity contribution in [1.29, 1.82) is 0 Å². The van der Waals surface area contributed by atoms with Gasteiger partial charge in [0.15, 0.2) is 5.78 Å². The molecular formula is C38H31OP2+. The molecule has 0 saturated heterocycles. The topological polar surface area (TPSA) is 17.1 Å². The average Bonchev–Trinajstić information content (AvgIpc) is 3.06. The van der Waals surface area contributed by atoms with E-state index in [1.54, 1.807) is 0 Å². The lowest BCUT2D eigenvalue weighted by Gasteiger charge is -2.26. The molecule has 0 spiro atoms. The summed E-state index contributed by atoms with van der Waals surface area (Å²) in [5.74, 6) is 0.0775. The second kappa shape index (κ2) is 12.2. The minimum atomic E-state index is -2.11. The third-order valence-corrected chi connectivity index (χ3v) is 14.1. The molecule has 0 aliphatic heterocycles. The van der Waals surface area contributed by atoms with Gasteiger partial charge in [0.1, 0.15) is 23.2 Å². The molecule has 0 radical (unpaired) electrons. The molecule has 6 rings (SSSR count). The van der Waals surface area contributed by atoms with Gasteiger partial charge < -0.3 is 0 Å². The van der Waals surface area contributed by atoms with E-state index in [2.05, 4.69) is 140 Å². The highest BCUT2D eigenvalue weighted by molar-refractivity contribution is 7.95. The molecule has 198 valence electrons. The van der Waals surface area contributed by atoms with Crippen LogP contribution in [-0.4, -0.2) is 12.4 Å². The van der Waals surface area contributed by atoms with Gasteiger partial charge in [-0.05, 0) is 60.2 Å². The first kappa shape index (κ1) is 27.0. The number of rotatable bonds is 8. The van der Waals surface area contributed by atoms with Gasteiger partial charge in [-0.25, -0.2) is 0 Å².